The Hall–Kier alpha value is -2.27. The number of thiazole rings is 1. The van der Waals surface area contributed by atoms with Crippen molar-refractivity contribution in [2.75, 3.05) is 5.32 Å². The summed E-state index contributed by atoms with van der Waals surface area (Å²) in [5.74, 6) is 0.223. The highest BCUT2D eigenvalue weighted by atomic mass is 32.1. The number of aliphatic hydroxyl groups excluding tert-OH is 1. The molecule has 24 heavy (non-hydrogen) atoms. The molecule has 3 aromatic rings. The lowest BCUT2D eigenvalue weighted by atomic mass is 9.83. The second kappa shape index (κ2) is 5.38. The average Bonchev–Trinajstić information content (AvgIpc) is 3.15. The summed E-state index contributed by atoms with van der Waals surface area (Å²) >= 11 is 0.476. The van der Waals surface area contributed by atoms with E-state index in [0.29, 0.717) is 17.8 Å². The number of nitrogens with one attached hydrogen (secondary N) is 1. The number of hydrogen-bond donors (Lipinski definition) is 2. The Balaban J connectivity index is 1.64. The van der Waals surface area contributed by atoms with Crippen molar-refractivity contribution in [2.24, 2.45) is 0 Å². The SMILES string of the molecule is OC1CC(Nc2ncnc3sc(C(F)(F)F)nc23)C1n1cccn1. The molecule has 3 heterocycles. The molecular weight excluding hydrogens is 345 g/mol. The maximum absolute atomic E-state index is 12.8. The molecule has 11 heteroatoms. The summed E-state index contributed by atoms with van der Waals surface area (Å²) in [5, 5.41) is 16.2. The summed E-state index contributed by atoms with van der Waals surface area (Å²) < 4.78 is 40.1. The van der Waals surface area contributed by atoms with Crippen molar-refractivity contribution in [2.45, 2.75) is 30.8 Å². The number of anilines is 1. The Kier molecular flexibility index (Phi) is 3.42. The summed E-state index contributed by atoms with van der Waals surface area (Å²) in [7, 11) is 0. The van der Waals surface area contributed by atoms with Crippen LogP contribution in [-0.2, 0) is 6.18 Å². The van der Waals surface area contributed by atoms with Crippen LogP contribution < -0.4 is 5.32 Å². The zero-order valence-corrected chi connectivity index (χ0v) is 12.8. The van der Waals surface area contributed by atoms with E-state index in [1.54, 1.807) is 23.1 Å². The van der Waals surface area contributed by atoms with E-state index in [1.807, 2.05) is 0 Å². The zero-order valence-electron chi connectivity index (χ0n) is 12.0. The van der Waals surface area contributed by atoms with E-state index in [0.717, 1.165) is 0 Å². The van der Waals surface area contributed by atoms with Crippen molar-refractivity contribution in [3.8, 4) is 0 Å². The first-order chi connectivity index (χ1) is 11.4. The number of alkyl halides is 3. The normalized spacial score (nSPS) is 24.1. The Morgan fingerprint density at radius 1 is 1.33 bits per heavy atom. The summed E-state index contributed by atoms with van der Waals surface area (Å²) in [4.78, 5) is 11.6. The minimum atomic E-state index is -4.52. The van der Waals surface area contributed by atoms with Gasteiger partial charge in [0.25, 0.3) is 0 Å². The molecule has 4 rings (SSSR count). The fraction of sp³-hybridized carbons (Fsp3) is 0.385. The van der Waals surface area contributed by atoms with Crippen molar-refractivity contribution in [1.82, 2.24) is 24.7 Å². The highest BCUT2D eigenvalue weighted by Crippen LogP contribution is 2.38. The highest BCUT2D eigenvalue weighted by molar-refractivity contribution is 7.18. The molecule has 0 amide bonds. The van der Waals surface area contributed by atoms with Gasteiger partial charge in [-0.3, -0.25) is 4.68 Å². The number of aliphatic hydroxyl groups is 1. The van der Waals surface area contributed by atoms with Gasteiger partial charge in [0.1, 0.15) is 16.7 Å². The third-order valence-corrected chi connectivity index (χ3v) is 4.90. The van der Waals surface area contributed by atoms with Gasteiger partial charge in [0, 0.05) is 12.4 Å². The number of halogens is 3. The van der Waals surface area contributed by atoms with Crippen LogP contribution in [0.5, 0.6) is 0 Å². The number of nitrogens with zero attached hydrogens (tertiary/aromatic N) is 5. The lowest BCUT2D eigenvalue weighted by molar-refractivity contribution is -0.137. The van der Waals surface area contributed by atoms with Crippen LogP contribution in [0.4, 0.5) is 19.0 Å². The zero-order chi connectivity index (χ0) is 16.9. The summed E-state index contributed by atoms with van der Waals surface area (Å²) in [6, 6.07) is 1.21. The predicted octanol–water partition coefficient (Wildman–Crippen LogP) is 2.09. The van der Waals surface area contributed by atoms with Crippen molar-refractivity contribution < 1.29 is 18.3 Å². The average molecular weight is 356 g/mol. The lowest BCUT2D eigenvalue weighted by Crippen LogP contribution is -2.51. The maximum Gasteiger partial charge on any atom is 0.443 e. The monoisotopic (exact) mass is 356 g/mol. The molecule has 2 N–H and O–H groups in total. The predicted molar refractivity (Wildman–Crippen MR) is 79.5 cm³/mol. The van der Waals surface area contributed by atoms with Crippen LogP contribution in [0.1, 0.15) is 17.5 Å². The number of aromatic nitrogens is 5. The minimum Gasteiger partial charge on any atom is -0.391 e. The molecule has 0 saturated heterocycles. The van der Waals surface area contributed by atoms with Crippen LogP contribution in [0, 0.1) is 0 Å². The van der Waals surface area contributed by atoms with Crippen molar-refractivity contribution in [3.05, 3.63) is 29.8 Å². The van der Waals surface area contributed by atoms with E-state index >= 15 is 0 Å². The molecule has 1 aliphatic rings. The number of hydrogen-bond acceptors (Lipinski definition) is 7. The van der Waals surface area contributed by atoms with Crippen LogP contribution in [0.2, 0.25) is 0 Å². The number of fused-ring (bicyclic) bond motifs is 1. The van der Waals surface area contributed by atoms with Gasteiger partial charge in [-0.05, 0) is 12.5 Å². The van der Waals surface area contributed by atoms with E-state index < -0.39 is 17.3 Å². The van der Waals surface area contributed by atoms with E-state index in [4.69, 9.17) is 0 Å². The van der Waals surface area contributed by atoms with Gasteiger partial charge in [0.15, 0.2) is 5.82 Å². The Morgan fingerprint density at radius 2 is 2.17 bits per heavy atom. The molecule has 0 aromatic carbocycles. The van der Waals surface area contributed by atoms with E-state index in [-0.39, 0.29) is 28.2 Å². The van der Waals surface area contributed by atoms with E-state index in [9.17, 15) is 18.3 Å². The first kappa shape index (κ1) is 15.3. The molecule has 3 unspecified atom stereocenters. The van der Waals surface area contributed by atoms with Gasteiger partial charge in [0.05, 0.1) is 18.2 Å². The van der Waals surface area contributed by atoms with Crippen LogP contribution in [-0.4, -0.2) is 42.0 Å². The summed E-state index contributed by atoms with van der Waals surface area (Å²) in [6.07, 6.45) is -0.149. The smallest absolute Gasteiger partial charge is 0.391 e. The van der Waals surface area contributed by atoms with E-state index in [2.05, 4.69) is 25.4 Å². The fourth-order valence-corrected chi connectivity index (χ4v) is 3.50. The van der Waals surface area contributed by atoms with Gasteiger partial charge < -0.3 is 10.4 Å². The van der Waals surface area contributed by atoms with Crippen LogP contribution in [0.3, 0.4) is 0 Å². The van der Waals surface area contributed by atoms with Gasteiger partial charge >= 0.3 is 6.18 Å². The van der Waals surface area contributed by atoms with Crippen LogP contribution >= 0.6 is 11.3 Å². The molecular formula is C13H11F3N6OS. The molecule has 3 aromatic heterocycles. The second-order valence-corrected chi connectivity index (χ2v) is 6.40. The van der Waals surface area contributed by atoms with Crippen molar-refractivity contribution in [1.29, 1.82) is 0 Å². The molecule has 0 spiro atoms. The quantitative estimate of drug-likeness (QED) is 0.747. The molecule has 126 valence electrons. The van der Waals surface area contributed by atoms with Gasteiger partial charge in [-0.25, -0.2) is 15.0 Å². The third kappa shape index (κ3) is 2.49. The molecule has 0 radical (unpaired) electrons. The Bertz CT molecular complexity index is 864. The second-order valence-electron chi connectivity index (χ2n) is 5.42. The molecule has 1 fully saturated rings. The molecule has 7 nitrogen and oxygen atoms in total. The van der Waals surface area contributed by atoms with Crippen molar-refractivity contribution >= 4 is 27.5 Å². The largest absolute Gasteiger partial charge is 0.443 e. The first-order valence-electron chi connectivity index (χ1n) is 7.06. The lowest BCUT2D eigenvalue weighted by Gasteiger charge is -2.42. The molecule has 1 aliphatic carbocycles. The molecule has 1 saturated carbocycles. The number of rotatable bonds is 3. The summed E-state index contributed by atoms with van der Waals surface area (Å²) in [5.41, 5.74) is 0.0791. The third-order valence-electron chi connectivity index (χ3n) is 3.89. The van der Waals surface area contributed by atoms with E-state index in [1.165, 1.54) is 6.33 Å². The first-order valence-corrected chi connectivity index (χ1v) is 7.87. The highest BCUT2D eigenvalue weighted by Gasteiger charge is 2.42. The summed E-state index contributed by atoms with van der Waals surface area (Å²) in [6.45, 7) is 0. The van der Waals surface area contributed by atoms with Crippen molar-refractivity contribution in [3.63, 3.8) is 0 Å². The topological polar surface area (TPSA) is 88.8 Å². The molecule has 0 aliphatic heterocycles. The van der Waals surface area contributed by atoms with Gasteiger partial charge in [-0.15, -0.1) is 0 Å². The fourth-order valence-electron chi connectivity index (χ4n) is 2.73. The standard InChI is InChI=1S/C13H11F3N6OS/c14-13(15,16)12-21-8-10(17-5-18-11(8)24-12)20-6-4-7(23)9(6)22-3-1-2-19-22/h1-3,5-7,9,23H,4H2,(H,17,18,20). The van der Waals surface area contributed by atoms with Crippen LogP contribution in [0.15, 0.2) is 24.8 Å². The Labute approximate surface area is 137 Å². The van der Waals surface area contributed by atoms with Gasteiger partial charge in [-0.1, -0.05) is 11.3 Å². The van der Waals surface area contributed by atoms with Gasteiger partial charge in [-0.2, -0.15) is 18.3 Å². The molecule has 0 bridgehead atoms. The van der Waals surface area contributed by atoms with Crippen LogP contribution in [0.25, 0.3) is 10.3 Å². The Morgan fingerprint density at radius 3 is 2.83 bits per heavy atom. The maximum atomic E-state index is 12.8. The van der Waals surface area contributed by atoms with Gasteiger partial charge in [0.2, 0.25) is 5.01 Å². The molecule has 3 atom stereocenters. The minimum absolute atomic E-state index is 0.0791.